The number of aromatic nitrogens is 2. The Morgan fingerprint density at radius 1 is 0.723 bits per heavy atom. The highest BCUT2D eigenvalue weighted by molar-refractivity contribution is 7.89. The molecule has 0 fully saturated rings. The fraction of sp³-hybridized carbons (Fsp3) is 0.172. The van der Waals surface area contributed by atoms with Crippen molar-refractivity contribution in [2.75, 3.05) is 30.3 Å². The number of hydrogen-bond donors (Lipinski definition) is 5. The highest BCUT2D eigenvalue weighted by Gasteiger charge is 2.13. The second-order valence-corrected chi connectivity index (χ2v) is 13.3. The summed E-state index contributed by atoms with van der Waals surface area (Å²) in [7, 11) is -4.55. The van der Waals surface area contributed by atoms with Crippen LogP contribution in [0.15, 0.2) is 98.9 Å². The van der Waals surface area contributed by atoms with Gasteiger partial charge in [-0.05, 0) is 75.5 Å². The Kier molecular flexibility index (Phi) is 11.1. The van der Waals surface area contributed by atoms with Crippen LogP contribution in [0.2, 0.25) is 0 Å². The molecule has 1 aromatic heterocycles. The van der Waals surface area contributed by atoms with Gasteiger partial charge in [0.25, 0.3) is 0 Å². The molecule has 0 aliphatic carbocycles. The van der Waals surface area contributed by atoms with E-state index in [1.807, 2.05) is 0 Å². The van der Waals surface area contributed by atoms with E-state index >= 15 is 0 Å². The second kappa shape index (κ2) is 15.0. The topological polar surface area (TPSA) is 188 Å². The summed E-state index contributed by atoms with van der Waals surface area (Å²) in [5, 5.41) is 11.6. The first-order valence-corrected chi connectivity index (χ1v) is 16.7. The van der Waals surface area contributed by atoms with Crippen molar-refractivity contribution >= 4 is 54.7 Å². The number of nitrogens with one attached hydrogen (secondary N) is 5. The zero-order valence-corrected chi connectivity index (χ0v) is 27.1. The molecule has 0 aliphatic heterocycles. The molecule has 248 valence electrons. The van der Waals surface area contributed by atoms with Gasteiger partial charge in [0, 0.05) is 17.8 Å². The molecule has 0 saturated heterocycles. The van der Waals surface area contributed by atoms with Crippen molar-refractivity contribution in [3.63, 3.8) is 0 Å². The van der Waals surface area contributed by atoms with E-state index in [2.05, 4.69) is 50.5 Å². The maximum atomic E-state index is 12.7. The van der Waals surface area contributed by atoms with Gasteiger partial charge in [-0.2, -0.15) is 29.0 Å². The van der Waals surface area contributed by atoms with Crippen LogP contribution in [-0.4, -0.2) is 58.9 Å². The average molecular weight is 688 g/mol. The van der Waals surface area contributed by atoms with Gasteiger partial charge in [-0.3, -0.25) is 10.9 Å². The van der Waals surface area contributed by atoms with Crippen molar-refractivity contribution in [3.8, 4) is 5.75 Å². The summed E-state index contributed by atoms with van der Waals surface area (Å²) < 4.78 is 82.6. The number of rotatable bonds is 14. The molecule has 5 N–H and O–H groups in total. The SMILES string of the molecule is CNS(=O)(=O)c1ccc(C(C)=NNc2cc(NN=C(C)c3ccc(S(=O)(=O)NC)cc3)nc(Nc3cccc(OC(F)F)c3)n2)cc1. The van der Waals surface area contributed by atoms with E-state index in [1.165, 1.54) is 62.6 Å². The fourth-order valence-corrected chi connectivity index (χ4v) is 5.35. The van der Waals surface area contributed by atoms with E-state index in [-0.39, 0.29) is 33.1 Å². The van der Waals surface area contributed by atoms with Crippen molar-refractivity contribution in [1.29, 1.82) is 0 Å². The summed E-state index contributed by atoms with van der Waals surface area (Å²) >= 11 is 0. The van der Waals surface area contributed by atoms with Crippen molar-refractivity contribution in [3.05, 3.63) is 90.0 Å². The minimum absolute atomic E-state index is 0.0515. The zero-order chi connectivity index (χ0) is 34.2. The Morgan fingerprint density at radius 2 is 1.19 bits per heavy atom. The van der Waals surface area contributed by atoms with Gasteiger partial charge < -0.3 is 10.1 Å². The van der Waals surface area contributed by atoms with Crippen LogP contribution in [0.25, 0.3) is 0 Å². The summed E-state index contributed by atoms with van der Waals surface area (Å²) in [5.74, 6) is 0.414. The van der Waals surface area contributed by atoms with Crippen molar-refractivity contribution in [2.45, 2.75) is 30.2 Å². The van der Waals surface area contributed by atoms with E-state index in [9.17, 15) is 25.6 Å². The molecule has 0 spiro atoms. The number of alkyl halides is 2. The first-order chi connectivity index (χ1) is 22.3. The molecule has 0 saturated carbocycles. The summed E-state index contributed by atoms with van der Waals surface area (Å²) in [5.41, 5.74) is 8.34. The smallest absolute Gasteiger partial charge is 0.387 e. The highest BCUT2D eigenvalue weighted by atomic mass is 32.2. The number of sulfonamides is 2. The van der Waals surface area contributed by atoms with Gasteiger partial charge in [-0.1, -0.05) is 30.3 Å². The molecule has 14 nitrogen and oxygen atoms in total. The third-order valence-electron chi connectivity index (χ3n) is 6.42. The fourth-order valence-electron chi connectivity index (χ4n) is 3.89. The Bertz CT molecular complexity index is 1880. The van der Waals surface area contributed by atoms with Crippen molar-refractivity contribution < 1.29 is 30.4 Å². The molecule has 4 aromatic rings. The lowest BCUT2D eigenvalue weighted by molar-refractivity contribution is -0.0498. The first-order valence-electron chi connectivity index (χ1n) is 13.7. The van der Waals surface area contributed by atoms with E-state index in [0.717, 1.165) is 0 Å². The van der Waals surface area contributed by atoms with Gasteiger partial charge >= 0.3 is 6.61 Å². The largest absolute Gasteiger partial charge is 0.435 e. The Balaban J connectivity index is 1.61. The number of benzene rings is 3. The maximum Gasteiger partial charge on any atom is 0.387 e. The van der Waals surface area contributed by atoms with Crippen LogP contribution in [0.5, 0.6) is 5.75 Å². The molecular weight excluding hydrogens is 657 g/mol. The minimum Gasteiger partial charge on any atom is -0.435 e. The average Bonchev–Trinajstić information content (AvgIpc) is 3.06. The van der Waals surface area contributed by atoms with Crippen LogP contribution in [0.3, 0.4) is 0 Å². The molecule has 18 heteroatoms. The molecule has 0 bridgehead atoms. The van der Waals surface area contributed by atoms with Gasteiger partial charge in [0.2, 0.25) is 26.0 Å². The molecule has 0 unspecified atom stereocenters. The highest BCUT2D eigenvalue weighted by Crippen LogP contribution is 2.24. The predicted molar refractivity (Wildman–Crippen MR) is 175 cm³/mol. The van der Waals surface area contributed by atoms with Crippen LogP contribution in [0.1, 0.15) is 25.0 Å². The summed E-state index contributed by atoms with van der Waals surface area (Å²) in [6.07, 6.45) is 0. The molecular formula is C29H31F2N9O5S2. The third-order valence-corrected chi connectivity index (χ3v) is 9.28. The third kappa shape index (κ3) is 9.49. The van der Waals surface area contributed by atoms with Crippen LogP contribution in [0.4, 0.5) is 32.1 Å². The van der Waals surface area contributed by atoms with E-state index in [4.69, 9.17) is 0 Å². The summed E-state index contributed by atoms with van der Waals surface area (Å²) in [6.45, 7) is 0.423. The zero-order valence-electron chi connectivity index (χ0n) is 25.5. The number of hydrazone groups is 2. The van der Waals surface area contributed by atoms with Gasteiger partial charge in [-0.25, -0.2) is 26.3 Å². The lowest BCUT2D eigenvalue weighted by atomic mass is 10.1. The van der Waals surface area contributed by atoms with Crippen molar-refractivity contribution in [1.82, 2.24) is 19.4 Å². The van der Waals surface area contributed by atoms with Crippen LogP contribution in [-0.2, 0) is 20.0 Å². The summed E-state index contributed by atoms with van der Waals surface area (Å²) in [6, 6.07) is 19.6. The molecule has 3 aromatic carbocycles. The molecule has 4 rings (SSSR count). The Hall–Kier alpha value is -5.04. The van der Waals surface area contributed by atoms with Gasteiger partial charge in [0.1, 0.15) is 5.75 Å². The second-order valence-electron chi connectivity index (χ2n) is 9.58. The molecule has 47 heavy (non-hydrogen) atoms. The molecule has 0 amide bonds. The van der Waals surface area contributed by atoms with E-state index in [0.29, 0.717) is 28.2 Å². The van der Waals surface area contributed by atoms with E-state index < -0.39 is 26.7 Å². The molecule has 1 heterocycles. The lowest BCUT2D eigenvalue weighted by Crippen LogP contribution is -2.18. The summed E-state index contributed by atoms with van der Waals surface area (Å²) in [4.78, 5) is 9.00. The normalized spacial score (nSPS) is 12.6. The number of anilines is 4. The maximum absolute atomic E-state index is 12.7. The van der Waals surface area contributed by atoms with Crippen molar-refractivity contribution in [2.24, 2.45) is 10.2 Å². The molecule has 0 aliphatic rings. The Labute approximate surface area is 270 Å². The monoisotopic (exact) mass is 687 g/mol. The first kappa shape index (κ1) is 34.8. The van der Waals surface area contributed by atoms with Gasteiger partial charge in [-0.15, -0.1) is 0 Å². The predicted octanol–water partition coefficient (Wildman–Crippen LogP) is 4.31. The lowest BCUT2D eigenvalue weighted by Gasteiger charge is -2.11. The van der Waals surface area contributed by atoms with Crippen LogP contribution >= 0.6 is 0 Å². The van der Waals surface area contributed by atoms with Crippen LogP contribution in [0, 0.1) is 0 Å². The van der Waals surface area contributed by atoms with Gasteiger partial charge in [0.05, 0.1) is 21.2 Å². The van der Waals surface area contributed by atoms with E-state index in [1.54, 1.807) is 44.2 Å². The quantitative estimate of drug-likeness (QED) is 0.0944. The number of hydrogen-bond acceptors (Lipinski definition) is 12. The number of ether oxygens (including phenoxy) is 1. The molecule has 0 atom stereocenters. The number of halogens is 2. The minimum atomic E-state index is -3.60. The van der Waals surface area contributed by atoms with Crippen LogP contribution < -0.4 is 30.3 Å². The standard InChI is InChI=1S/C29H31F2N9O5S2/c1-18(20-8-12-24(13-9-20)46(41,42)32-3)37-39-26-17-27(36-29(35-26)34-22-6-5-7-23(16-22)45-28(30)31)40-38-19(2)21-10-14-25(15-11-21)47(43,44)33-4/h5-17,28,32-33H,1-4H3,(H3,34,35,36,39,40). The Morgan fingerprint density at radius 3 is 1.62 bits per heavy atom. The number of nitrogens with zero attached hydrogens (tertiary/aromatic N) is 4. The molecule has 0 radical (unpaired) electrons. The van der Waals surface area contributed by atoms with Gasteiger partial charge in [0.15, 0.2) is 11.6 Å².